The molecule has 0 aromatic rings. The summed E-state index contributed by atoms with van der Waals surface area (Å²) in [6.07, 6.45) is 18.9. The highest BCUT2D eigenvalue weighted by Gasteiger charge is 2.07. The van der Waals surface area contributed by atoms with E-state index in [1.54, 1.807) is 13.8 Å². The van der Waals surface area contributed by atoms with Crippen LogP contribution in [-0.2, 0) is 38.1 Å². The van der Waals surface area contributed by atoms with E-state index in [9.17, 15) is 19.2 Å². The molecule has 0 aliphatic rings. The van der Waals surface area contributed by atoms with Gasteiger partial charge in [0, 0.05) is 24.0 Å². The summed E-state index contributed by atoms with van der Waals surface area (Å²) in [5.41, 5.74) is 0.878. The van der Waals surface area contributed by atoms with Gasteiger partial charge in [0.25, 0.3) is 0 Å². The smallest absolute Gasteiger partial charge is 0.333 e. The van der Waals surface area contributed by atoms with Crippen molar-refractivity contribution in [2.75, 3.05) is 26.4 Å². The maximum Gasteiger partial charge on any atom is 0.333 e. The van der Waals surface area contributed by atoms with Gasteiger partial charge in [-0.05, 0) is 52.4 Å². The van der Waals surface area contributed by atoms with Gasteiger partial charge in [-0.15, -0.1) is 0 Å². The number of hydrogen-bond donors (Lipinski definition) is 0. The van der Waals surface area contributed by atoms with Crippen molar-refractivity contribution in [2.45, 2.75) is 142 Å². The molecular weight excluding hydrogens is 536 g/mol. The average molecular weight is 595 g/mol. The van der Waals surface area contributed by atoms with Gasteiger partial charge in [-0.2, -0.15) is 0 Å². The zero-order chi connectivity index (χ0) is 31.3. The summed E-state index contributed by atoms with van der Waals surface area (Å²) in [6.45, 7) is 12.3. The Bertz CT molecular complexity index is 710. The zero-order valence-electron chi connectivity index (χ0n) is 26.7. The summed E-state index contributed by atoms with van der Waals surface area (Å²) in [7, 11) is 0. The van der Waals surface area contributed by atoms with Gasteiger partial charge in [0.15, 0.2) is 0 Å². The first kappa shape index (κ1) is 39.4. The molecule has 0 aromatic heterocycles. The van der Waals surface area contributed by atoms with E-state index in [0.717, 1.165) is 103 Å². The van der Waals surface area contributed by atoms with Crippen molar-refractivity contribution in [2.24, 2.45) is 0 Å². The van der Waals surface area contributed by atoms with Crippen molar-refractivity contribution in [3.05, 3.63) is 24.3 Å². The van der Waals surface area contributed by atoms with Crippen LogP contribution in [0.3, 0.4) is 0 Å². The van der Waals surface area contributed by atoms with Crippen molar-refractivity contribution >= 4 is 23.9 Å². The number of hydrogen-bond acceptors (Lipinski definition) is 8. The molecule has 0 atom stereocenters. The number of unbranched alkanes of at least 4 members (excludes halogenated alkanes) is 15. The van der Waals surface area contributed by atoms with Crippen LogP contribution in [0.5, 0.6) is 0 Å². The first-order chi connectivity index (χ1) is 20.2. The van der Waals surface area contributed by atoms with Gasteiger partial charge in [0.05, 0.1) is 26.4 Å². The van der Waals surface area contributed by atoms with E-state index in [1.807, 2.05) is 0 Å². The molecule has 0 N–H and O–H groups in total. The van der Waals surface area contributed by atoms with Crippen LogP contribution in [0, 0.1) is 0 Å². The molecule has 0 aromatic carbocycles. The van der Waals surface area contributed by atoms with E-state index < -0.39 is 0 Å². The standard InChI is InChI=1S/C34H58O8/c1-29(2)33(37)41-27-21-15-11-7-5-9-13-19-25-39-31(35)23-17-18-24-32(36)40-26-20-14-10-6-8-12-16-22-28-42-34(38)30(3)4/h1,3,5-28H2,2,4H3. The van der Waals surface area contributed by atoms with Gasteiger partial charge in [-0.3, -0.25) is 9.59 Å². The minimum absolute atomic E-state index is 0.193. The fourth-order valence-corrected chi connectivity index (χ4v) is 4.16. The number of carbonyl (C=O) groups is 4. The molecule has 42 heavy (non-hydrogen) atoms. The van der Waals surface area contributed by atoms with Crippen molar-refractivity contribution in [1.82, 2.24) is 0 Å². The normalized spacial score (nSPS) is 10.6. The summed E-state index contributed by atoms with van der Waals surface area (Å²) >= 11 is 0. The summed E-state index contributed by atoms with van der Waals surface area (Å²) < 4.78 is 20.7. The molecule has 0 bridgehead atoms. The molecule has 0 spiro atoms. The maximum atomic E-state index is 11.9. The topological polar surface area (TPSA) is 105 Å². The Labute approximate surface area is 255 Å². The highest BCUT2D eigenvalue weighted by atomic mass is 16.5. The number of ether oxygens (including phenoxy) is 4. The summed E-state index contributed by atoms with van der Waals surface area (Å²) in [5.74, 6) is -1.01. The molecular formula is C34H58O8. The van der Waals surface area contributed by atoms with Crippen LogP contribution >= 0.6 is 0 Å². The molecule has 0 aliphatic carbocycles. The van der Waals surface area contributed by atoms with E-state index in [-0.39, 0.29) is 23.9 Å². The summed E-state index contributed by atoms with van der Waals surface area (Å²) in [6, 6.07) is 0. The van der Waals surface area contributed by atoms with Gasteiger partial charge in [-0.1, -0.05) is 90.2 Å². The van der Waals surface area contributed by atoms with Crippen LogP contribution in [0.4, 0.5) is 0 Å². The lowest BCUT2D eigenvalue weighted by molar-refractivity contribution is -0.146. The molecule has 0 fully saturated rings. The minimum atomic E-state index is -0.313. The fraction of sp³-hybridized carbons (Fsp3) is 0.765. The largest absolute Gasteiger partial charge is 0.466 e. The Morgan fingerprint density at radius 1 is 0.381 bits per heavy atom. The van der Waals surface area contributed by atoms with Crippen molar-refractivity contribution in [3.8, 4) is 0 Å². The Balaban J connectivity index is 3.35. The molecule has 0 amide bonds. The number of carbonyl (C=O) groups excluding carboxylic acids is 4. The average Bonchev–Trinajstić information content (AvgIpc) is 2.95. The molecule has 8 nitrogen and oxygen atoms in total. The predicted molar refractivity (Wildman–Crippen MR) is 166 cm³/mol. The molecule has 242 valence electrons. The third-order valence-electron chi connectivity index (χ3n) is 6.78. The summed E-state index contributed by atoms with van der Waals surface area (Å²) in [5, 5.41) is 0. The van der Waals surface area contributed by atoms with Gasteiger partial charge in [0.1, 0.15) is 0 Å². The van der Waals surface area contributed by atoms with Crippen molar-refractivity contribution < 1.29 is 38.1 Å². The zero-order valence-corrected chi connectivity index (χ0v) is 26.7. The lowest BCUT2D eigenvalue weighted by atomic mass is 10.1. The highest BCUT2D eigenvalue weighted by Crippen LogP contribution is 2.11. The molecule has 8 heteroatoms. The second kappa shape index (κ2) is 28.5. The first-order valence-electron chi connectivity index (χ1n) is 16.2. The Kier molecular flexibility index (Phi) is 26.7. The van der Waals surface area contributed by atoms with Gasteiger partial charge in [-0.25, -0.2) is 9.59 Å². The Morgan fingerprint density at radius 2 is 0.619 bits per heavy atom. The molecule has 0 saturated carbocycles. The van der Waals surface area contributed by atoms with Crippen LogP contribution < -0.4 is 0 Å². The predicted octanol–water partition coefficient (Wildman–Crippen LogP) is 8.11. The minimum Gasteiger partial charge on any atom is -0.466 e. The van der Waals surface area contributed by atoms with Crippen molar-refractivity contribution in [1.29, 1.82) is 0 Å². The first-order valence-corrected chi connectivity index (χ1v) is 16.2. The van der Waals surface area contributed by atoms with E-state index >= 15 is 0 Å². The van der Waals surface area contributed by atoms with Crippen molar-refractivity contribution in [3.63, 3.8) is 0 Å². The van der Waals surface area contributed by atoms with E-state index in [0.29, 0.717) is 63.3 Å². The van der Waals surface area contributed by atoms with Crippen LogP contribution in [0.15, 0.2) is 24.3 Å². The van der Waals surface area contributed by atoms with Crippen LogP contribution in [0.25, 0.3) is 0 Å². The lowest BCUT2D eigenvalue weighted by Crippen LogP contribution is -2.08. The summed E-state index contributed by atoms with van der Waals surface area (Å²) in [4.78, 5) is 46.3. The monoisotopic (exact) mass is 594 g/mol. The third kappa shape index (κ3) is 27.5. The maximum absolute atomic E-state index is 11.9. The Morgan fingerprint density at radius 3 is 0.881 bits per heavy atom. The fourth-order valence-electron chi connectivity index (χ4n) is 4.16. The van der Waals surface area contributed by atoms with Gasteiger partial charge < -0.3 is 18.9 Å². The van der Waals surface area contributed by atoms with E-state index in [2.05, 4.69) is 13.2 Å². The SMILES string of the molecule is C=C(C)C(=O)OCCCCCCCCCCOC(=O)CCCCC(=O)OCCCCCCCCCCOC(=O)C(=C)C. The third-order valence-corrected chi connectivity index (χ3v) is 6.78. The highest BCUT2D eigenvalue weighted by molar-refractivity contribution is 5.87. The van der Waals surface area contributed by atoms with Gasteiger partial charge >= 0.3 is 23.9 Å². The molecule has 0 radical (unpaired) electrons. The van der Waals surface area contributed by atoms with Crippen LogP contribution in [0.2, 0.25) is 0 Å². The number of esters is 4. The molecule has 0 rings (SSSR count). The second-order valence-corrected chi connectivity index (χ2v) is 11.1. The molecule has 0 heterocycles. The molecule has 0 saturated heterocycles. The molecule has 0 unspecified atom stereocenters. The number of rotatable bonds is 29. The van der Waals surface area contributed by atoms with E-state index in [4.69, 9.17) is 18.9 Å². The van der Waals surface area contributed by atoms with E-state index in [1.165, 1.54) is 0 Å². The second-order valence-electron chi connectivity index (χ2n) is 11.1. The quantitative estimate of drug-likeness (QED) is 0.0370. The lowest BCUT2D eigenvalue weighted by Gasteiger charge is -2.07. The Hall–Kier alpha value is -2.64. The van der Waals surface area contributed by atoms with Gasteiger partial charge in [0.2, 0.25) is 0 Å². The van der Waals surface area contributed by atoms with Crippen LogP contribution in [0.1, 0.15) is 142 Å². The van der Waals surface area contributed by atoms with Crippen LogP contribution in [-0.4, -0.2) is 50.3 Å². The molecule has 0 aliphatic heterocycles.